The molecule has 0 radical (unpaired) electrons. The number of nitrogens with one attached hydrogen (secondary N) is 2. The summed E-state index contributed by atoms with van der Waals surface area (Å²) < 4.78 is 11.2. The molecule has 2 aromatic rings. The van der Waals surface area contributed by atoms with E-state index in [-0.39, 0.29) is 0 Å². The molecule has 210 valence electrons. The number of benzene rings is 1. The average Bonchev–Trinajstić information content (AvgIpc) is 2.96. The first-order valence-electron chi connectivity index (χ1n) is 13.8. The van der Waals surface area contributed by atoms with Crippen LogP contribution in [0.25, 0.3) is 0 Å². The number of anilines is 3. The van der Waals surface area contributed by atoms with Gasteiger partial charge in [-0.1, -0.05) is 53.7 Å². The van der Waals surface area contributed by atoms with E-state index >= 15 is 0 Å². The number of pyridine rings is 1. The van der Waals surface area contributed by atoms with E-state index in [0.717, 1.165) is 75.7 Å². The third-order valence-corrected chi connectivity index (χ3v) is 5.26. The Labute approximate surface area is 226 Å². The molecule has 0 bridgehead atoms. The van der Waals surface area contributed by atoms with E-state index in [2.05, 4.69) is 33.9 Å². The fourth-order valence-electron chi connectivity index (χ4n) is 3.57. The number of rotatable bonds is 11. The lowest BCUT2D eigenvalue weighted by Crippen LogP contribution is -2.38. The first-order valence-corrected chi connectivity index (χ1v) is 13.8. The van der Waals surface area contributed by atoms with E-state index in [1.54, 1.807) is 0 Å². The van der Waals surface area contributed by atoms with Gasteiger partial charge in [-0.2, -0.15) is 4.98 Å². The van der Waals surface area contributed by atoms with E-state index in [9.17, 15) is 0 Å². The number of nitrogens with two attached hydrogens (primary N) is 1. The summed E-state index contributed by atoms with van der Waals surface area (Å²) in [5.41, 5.74) is 9.02. The summed E-state index contributed by atoms with van der Waals surface area (Å²) >= 11 is 0. The highest BCUT2D eigenvalue weighted by Gasteiger charge is 2.12. The number of hydrogen-bond donors (Lipinski definition) is 3. The Balaban J connectivity index is 0.000000771. The maximum absolute atomic E-state index is 6.96. The molecule has 0 saturated carbocycles. The van der Waals surface area contributed by atoms with Crippen LogP contribution in [0.1, 0.15) is 59.9 Å². The van der Waals surface area contributed by atoms with Gasteiger partial charge in [-0.3, -0.25) is 4.90 Å². The Morgan fingerprint density at radius 3 is 2.30 bits per heavy atom. The monoisotopic (exact) mass is 516 g/mol. The number of ether oxygens (including phenoxy) is 2. The van der Waals surface area contributed by atoms with Crippen LogP contribution in [0.3, 0.4) is 0 Å². The second-order valence-electron chi connectivity index (χ2n) is 7.90. The molecule has 0 atom stereocenters. The summed E-state index contributed by atoms with van der Waals surface area (Å²) in [6.45, 7) is 19.5. The van der Waals surface area contributed by atoms with Gasteiger partial charge in [0.25, 0.3) is 0 Å². The van der Waals surface area contributed by atoms with E-state index in [4.69, 9.17) is 20.6 Å². The molecule has 1 saturated heterocycles. The lowest BCUT2D eigenvalue weighted by atomic mass is 10.2. The molecule has 1 aromatic heterocycles. The first-order chi connectivity index (χ1) is 18.1. The first kappa shape index (κ1) is 34.2. The highest BCUT2D eigenvalue weighted by atomic mass is 16.5. The normalized spacial score (nSPS) is 12.4. The zero-order valence-electron chi connectivity index (χ0n) is 24.3. The number of hydrogen-bond acceptors (Lipinski definition) is 8. The Morgan fingerprint density at radius 2 is 1.73 bits per heavy atom. The second kappa shape index (κ2) is 22.4. The highest BCUT2D eigenvalue weighted by Crippen LogP contribution is 2.23. The summed E-state index contributed by atoms with van der Waals surface area (Å²) in [6, 6.07) is 11.6. The maximum Gasteiger partial charge on any atom is 0.217 e. The zero-order valence-corrected chi connectivity index (χ0v) is 24.3. The highest BCUT2D eigenvalue weighted by molar-refractivity contribution is 5.78. The fraction of sp³-hybridized carbons (Fsp3) is 0.586. The van der Waals surface area contributed by atoms with Gasteiger partial charge in [0.05, 0.1) is 13.2 Å². The molecular formula is C29H52N6O2. The van der Waals surface area contributed by atoms with Crippen molar-refractivity contribution >= 4 is 23.4 Å². The largest absolute Gasteiger partial charge is 0.476 e. The Morgan fingerprint density at radius 1 is 1.08 bits per heavy atom. The van der Waals surface area contributed by atoms with Crippen LogP contribution in [0.5, 0.6) is 5.88 Å². The molecule has 0 spiro atoms. The fourth-order valence-corrected chi connectivity index (χ4v) is 3.57. The second-order valence-corrected chi connectivity index (χ2v) is 7.90. The van der Waals surface area contributed by atoms with Gasteiger partial charge in [0.15, 0.2) is 0 Å². The van der Waals surface area contributed by atoms with Gasteiger partial charge in [-0.25, -0.2) is 0 Å². The van der Waals surface area contributed by atoms with Crippen LogP contribution in [0.4, 0.5) is 17.2 Å². The van der Waals surface area contributed by atoms with Crippen LogP contribution in [-0.4, -0.2) is 75.7 Å². The van der Waals surface area contributed by atoms with Gasteiger partial charge in [-0.05, 0) is 30.5 Å². The number of nitrogen functional groups attached to an aromatic ring is 1. The Bertz CT molecular complexity index is 822. The Hall–Kier alpha value is -2.84. The van der Waals surface area contributed by atoms with Crippen molar-refractivity contribution in [2.75, 3.05) is 75.5 Å². The predicted molar refractivity (Wildman–Crippen MR) is 161 cm³/mol. The summed E-state index contributed by atoms with van der Waals surface area (Å²) in [6.07, 6.45) is 3.55. The van der Waals surface area contributed by atoms with Crippen molar-refractivity contribution in [1.82, 2.24) is 9.88 Å². The number of morpholine rings is 1. The number of nitrogens with zero attached hydrogens (tertiary/aromatic N) is 3. The Kier molecular flexibility index (Phi) is 20.6. The molecule has 8 nitrogen and oxygen atoms in total. The summed E-state index contributed by atoms with van der Waals surface area (Å²) in [5, 5.41) is 9.96. The van der Waals surface area contributed by atoms with Crippen molar-refractivity contribution < 1.29 is 9.47 Å². The minimum absolute atomic E-state index is 0.515. The van der Waals surface area contributed by atoms with Crippen molar-refractivity contribution in [2.45, 2.75) is 54.4 Å². The van der Waals surface area contributed by atoms with E-state index in [1.165, 1.54) is 6.21 Å². The molecule has 1 aromatic carbocycles. The summed E-state index contributed by atoms with van der Waals surface area (Å²) in [7, 11) is 1.86. The number of aromatic nitrogens is 1. The van der Waals surface area contributed by atoms with Crippen molar-refractivity contribution in [3.63, 3.8) is 0 Å². The van der Waals surface area contributed by atoms with Crippen LogP contribution in [0, 0.1) is 5.41 Å². The predicted octanol–water partition coefficient (Wildman–Crippen LogP) is 5.78. The summed E-state index contributed by atoms with van der Waals surface area (Å²) in [4.78, 5) is 8.99. The summed E-state index contributed by atoms with van der Waals surface area (Å²) in [5.74, 6) is 1.13. The van der Waals surface area contributed by atoms with E-state index in [0.29, 0.717) is 18.3 Å². The minimum Gasteiger partial charge on any atom is -0.476 e. The zero-order chi connectivity index (χ0) is 27.9. The molecule has 37 heavy (non-hydrogen) atoms. The smallest absolute Gasteiger partial charge is 0.217 e. The molecule has 0 unspecified atom stereocenters. The van der Waals surface area contributed by atoms with Gasteiger partial charge in [0.1, 0.15) is 12.4 Å². The van der Waals surface area contributed by atoms with Crippen molar-refractivity contribution in [1.29, 1.82) is 5.41 Å². The van der Waals surface area contributed by atoms with Crippen LogP contribution in [0.2, 0.25) is 0 Å². The van der Waals surface area contributed by atoms with Gasteiger partial charge in [0.2, 0.25) is 5.88 Å². The molecular weight excluding hydrogens is 464 g/mol. The molecule has 0 amide bonds. The van der Waals surface area contributed by atoms with Crippen molar-refractivity contribution in [3.8, 4) is 5.88 Å². The third kappa shape index (κ3) is 14.5. The molecule has 8 heteroatoms. The molecule has 2 heterocycles. The van der Waals surface area contributed by atoms with Gasteiger partial charge in [0, 0.05) is 69.5 Å². The van der Waals surface area contributed by atoms with Gasteiger partial charge < -0.3 is 30.8 Å². The average molecular weight is 517 g/mol. The van der Waals surface area contributed by atoms with Crippen LogP contribution in [0.15, 0.2) is 36.4 Å². The molecule has 4 N–H and O–H groups in total. The molecule has 1 fully saturated rings. The minimum atomic E-state index is 0.515. The van der Waals surface area contributed by atoms with Crippen LogP contribution < -0.4 is 20.7 Å². The van der Waals surface area contributed by atoms with Crippen LogP contribution in [-0.2, 0) is 4.74 Å². The van der Waals surface area contributed by atoms with Crippen molar-refractivity contribution in [2.24, 2.45) is 0 Å². The molecule has 0 aliphatic carbocycles. The molecule has 1 aliphatic rings. The molecule has 1 aliphatic heterocycles. The maximum atomic E-state index is 6.96. The van der Waals surface area contributed by atoms with Gasteiger partial charge >= 0.3 is 0 Å². The quantitative estimate of drug-likeness (QED) is 0.326. The standard InChI is InChI=1S/C17H30N4O2.C8H10N2.2C2H6/c1-3-5-21(6-4-2)15-13-16(18)19-17(14-15)23-12-9-20-7-10-22-11-8-20;1-10-8-4-2-3-7(5-8)6-9;2*1-2/h13-14H,3-12H2,1-2H3,(H2,18,19);2-6,9-10H,1H3;2*1-2H3. The third-order valence-electron chi connectivity index (χ3n) is 5.26. The topological polar surface area (TPSA) is 99.7 Å². The SMILES string of the molecule is CC.CC.CCCN(CCC)c1cc(N)nc(OCCN2CCOCC2)c1.CNc1cccc(C=N)c1. The van der Waals surface area contributed by atoms with E-state index in [1.807, 2.05) is 71.1 Å². The van der Waals surface area contributed by atoms with Gasteiger partial charge in [-0.15, -0.1) is 0 Å². The molecule has 3 rings (SSSR count). The van der Waals surface area contributed by atoms with Crippen LogP contribution >= 0.6 is 0 Å². The van der Waals surface area contributed by atoms with E-state index < -0.39 is 0 Å². The lowest BCUT2D eigenvalue weighted by Gasteiger charge is -2.26. The van der Waals surface area contributed by atoms with Crippen molar-refractivity contribution in [3.05, 3.63) is 42.0 Å². The lowest BCUT2D eigenvalue weighted by molar-refractivity contribution is 0.0320.